The minimum atomic E-state index is -0.427. The van der Waals surface area contributed by atoms with Crippen molar-refractivity contribution in [2.24, 2.45) is 0 Å². The Kier molecular flexibility index (Phi) is 5.46. The number of benzene rings is 2. The minimum absolute atomic E-state index is 0.158. The summed E-state index contributed by atoms with van der Waals surface area (Å²) in [6, 6.07) is 16.2. The SMILES string of the molecule is CC(CNCC(=O)Nc1ccccc1F)c1ccccc1. The van der Waals surface area contributed by atoms with E-state index < -0.39 is 5.82 Å². The maximum absolute atomic E-state index is 13.4. The Morgan fingerprint density at radius 3 is 2.48 bits per heavy atom. The van der Waals surface area contributed by atoms with Gasteiger partial charge in [-0.2, -0.15) is 0 Å². The van der Waals surface area contributed by atoms with E-state index in [0.29, 0.717) is 12.5 Å². The average Bonchev–Trinajstić information content (AvgIpc) is 2.50. The van der Waals surface area contributed by atoms with Crippen LogP contribution in [0.3, 0.4) is 0 Å². The van der Waals surface area contributed by atoms with Crippen LogP contribution in [-0.2, 0) is 4.79 Å². The van der Waals surface area contributed by atoms with E-state index in [1.807, 2.05) is 18.2 Å². The van der Waals surface area contributed by atoms with Crippen molar-refractivity contribution >= 4 is 11.6 Å². The molecule has 1 atom stereocenters. The van der Waals surface area contributed by atoms with E-state index in [-0.39, 0.29) is 18.1 Å². The summed E-state index contributed by atoms with van der Waals surface area (Å²) in [5, 5.41) is 5.64. The molecule has 1 unspecified atom stereocenters. The largest absolute Gasteiger partial charge is 0.322 e. The van der Waals surface area contributed by atoms with Crippen LogP contribution in [0.25, 0.3) is 0 Å². The smallest absolute Gasteiger partial charge is 0.238 e. The first kappa shape index (κ1) is 15.2. The normalized spacial score (nSPS) is 11.9. The van der Waals surface area contributed by atoms with E-state index in [9.17, 15) is 9.18 Å². The third-order valence-electron chi connectivity index (χ3n) is 3.25. The number of para-hydroxylation sites is 1. The van der Waals surface area contributed by atoms with E-state index in [0.717, 1.165) is 0 Å². The van der Waals surface area contributed by atoms with Crippen LogP contribution in [0.15, 0.2) is 54.6 Å². The molecule has 0 spiro atoms. The Hall–Kier alpha value is -2.20. The molecule has 2 rings (SSSR count). The minimum Gasteiger partial charge on any atom is -0.322 e. The molecule has 0 fully saturated rings. The number of rotatable bonds is 6. The zero-order valence-electron chi connectivity index (χ0n) is 12.0. The van der Waals surface area contributed by atoms with Gasteiger partial charge in [-0.15, -0.1) is 0 Å². The molecule has 4 heteroatoms. The van der Waals surface area contributed by atoms with Gasteiger partial charge in [0.25, 0.3) is 0 Å². The van der Waals surface area contributed by atoms with Crippen LogP contribution in [0.2, 0.25) is 0 Å². The quantitative estimate of drug-likeness (QED) is 0.856. The highest BCUT2D eigenvalue weighted by Gasteiger charge is 2.08. The van der Waals surface area contributed by atoms with Gasteiger partial charge in [0.05, 0.1) is 12.2 Å². The third kappa shape index (κ3) is 4.68. The van der Waals surface area contributed by atoms with Gasteiger partial charge in [0.15, 0.2) is 0 Å². The molecule has 21 heavy (non-hydrogen) atoms. The Morgan fingerprint density at radius 2 is 1.76 bits per heavy atom. The zero-order chi connectivity index (χ0) is 15.1. The molecule has 0 saturated carbocycles. The molecule has 0 heterocycles. The molecule has 110 valence electrons. The van der Waals surface area contributed by atoms with Gasteiger partial charge in [-0.1, -0.05) is 49.4 Å². The van der Waals surface area contributed by atoms with E-state index in [1.54, 1.807) is 18.2 Å². The van der Waals surface area contributed by atoms with Gasteiger partial charge in [-0.05, 0) is 23.6 Å². The lowest BCUT2D eigenvalue weighted by Gasteiger charge is -2.13. The first-order chi connectivity index (χ1) is 10.2. The number of amides is 1. The number of halogens is 1. The predicted molar refractivity (Wildman–Crippen MR) is 82.8 cm³/mol. The summed E-state index contributed by atoms with van der Waals surface area (Å²) in [7, 11) is 0. The molecule has 2 aromatic rings. The molecule has 2 aromatic carbocycles. The van der Waals surface area contributed by atoms with Crippen molar-refractivity contribution in [1.82, 2.24) is 5.32 Å². The number of hydrogen-bond acceptors (Lipinski definition) is 2. The molecule has 3 nitrogen and oxygen atoms in total. The van der Waals surface area contributed by atoms with Crippen LogP contribution in [-0.4, -0.2) is 19.0 Å². The van der Waals surface area contributed by atoms with Gasteiger partial charge in [0.2, 0.25) is 5.91 Å². The summed E-state index contributed by atoms with van der Waals surface area (Å²) >= 11 is 0. The molecular formula is C17H19FN2O. The number of nitrogens with one attached hydrogen (secondary N) is 2. The fourth-order valence-electron chi connectivity index (χ4n) is 2.06. The third-order valence-corrected chi connectivity index (χ3v) is 3.25. The van der Waals surface area contributed by atoms with Crippen molar-refractivity contribution in [3.63, 3.8) is 0 Å². The number of hydrogen-bond donors (Lipinski definition) is 2. The first-order valence-corrected chi connectivity index (χ1v) is 6.97. The van der Waals surface area contributed by atoms with Crippen molar-refractivity contribution in [1.29, 1.82) is 0 Å². The number of carbonyl (C=O) groups excluding carboxylic acids is 1. The second-order valence-corrected chi connectivity index (χ2v) is 4.97. The summed E-state index contributed by atoms with van der Waals surface area (Å²) in [6.07, 6.45) is 0. The molecule has 1 amide bonds. The Morgan fingerprint density at radius 1 is 1.10 bits per heavy atom. The van der Waals surface area contributed by atoms with Crippen LogP contribution in [0.5, 0.6) is 0 Å². The highest BCUT2D eigenvalue weighted by Crippen LogP contribution is 2.13. The Balaban J connectivity index is 1.76. The maximum Gasteiger partial charge on any atom is 0.238 e. The van der Waals surface area contributed by atoms with Gasteiger partial charge < -0.3 is 10.6 Å². The second kappa shape index (κ2) is 7.55. The standard InChI is InChI=1S/C17H19FN2O/c1-13(14-7-3-2-4-8-14)11-19-12-17(21)20-16-10-6-5-9-15(16)18/h2-10,13,19H,11-12H2,1H3,(H,20,21). The van der Waals surface area contributed by atoms with Crippen LogP contribution in [0, 0.1) is 5.82 Å². The molecule has 0 bridgehead atoms. The van der Waals surface area contributed by atoms with Gasteiger partial charge >= 0.3 is 0 Å². The van der Waals surface area contributed by atoms with Crippen molar-refractivity contribution in [2.45, 2.75) is 12.8 Å². The lowest BCUT2D eigenvalue weighted by molar-refractivity contribution is -0.115. The van der Waals surface area contributed by atoms with E-state index >= 15 is 0 Å². The summed E-state index contributed by atoms with van der Waals surface area (Å²) in [6.45, 7) is 2.94. The fraction of sp³-hybridized carbons (Fsp3) is 0.235. The van der Waals surface area contributed by atoms with Gasteiger partial charge in [-0.25, -0.2) is 4.39 Å². The first-order valence-electron chi connectivity index (χ1n) is 6.97. The lowest BCUT2D eigenvalue weighted by Crippen LogP contribution is -2.30. The predicted octanol–water partition coefficient (Wildman–Crippen LogP) is 3.16. The van der Waals surface area contributed by atoms with E-state index in [2.05, 4.69) is 29.7 Å². The van der Waals surface area contributed by atoms with Crippen molar-refractivity contribution < 1.29 is 9.18 Å². The monoisotopic (exact) mass is 286 g/mol. The Labute approximate surface area is 124 Å². The van der Waals surface area contributed by atoms with Gasteiger partial charge in [-0.3, -0.25) is 4.79 Å². The van der Waals surface area contributed by atoms with Crippen molar-refractivity contribution in [3.05, 3.63) is 66.0 Å². The molecular weight excluding hydrogens is 267 g/mol. The lowest BCUT2D eigenvalue weighted by atomic mass is 10.0. The van der Waals surface area contributed by atoms with Crippen molar-refractivity contribution in [2.75, 3.05) is 18.4 Å². The van der Waals surface area contributed by atoms with E-state index in [1.165, 1.54) is 11.6 Å². The Bertz CT molecular complexity index is 586. The topological polar surface area (TPSA) is 41.1 Å². The molecule has 0 aliphatic heterocycles. The van der Waals surface area contributed by atoms with Crippen LogP contribution >= 0.6 is 0 Å². The average molecular weight is 286 g/mol. The van der Waals surface area contributed by atoms with E-state index in [4.69, 9.17) is 0 Å². The molecule has 0 saturated heterocycles. The highest BCUT2D eigenvalue weighted by atomic mass is 19.1. The molecule has 0 aliphatic rings. The molecule has 0 aromatic heterocycles. The second-order valence-electron chi connectivity index (χ2n) is 4.97. The van der Waals surface area contributed by atoms with Crippen molar-refractivity contribution in [3.8, 4) is 0 Å². The van der Waals surface area contributed by atoms with Crippen LogP contribution < -0.4 is 10.6 Å². The summed E-state index contributed by atoms with van der Waals surface area (Å²) in [5.41, 5.74) is 1.43. The summed E-state index contributed by atoms with van der Waals surface area (Å²) < 4.78 is 13.4. The number of carbonyl (C=O) groups is 1. The van der Waals surface area contributed by atoms with Gasteiger partial charge in [0.1, 0.15) is 5.82 Å². The summed E-state index contributed by atoms with van der Waals surface area (Å²) in [5.74, 6) is -0.365. The summed E-state index contributed by atoms with van der Waals surface area (Å²) in [4.78, 5) is 11.7. The van der Waals surface area contributed by atoms with Crippen LogP contribution in [0.4, 0.5) is 10.1 Å². The maximum atomic E-state index is 13.4. The zero-order valence-corrected chi connectivity index (χ0v) is 12.0. The molecule has 0 radical (unpaired) electrons. The number of anilines is 1. The molecule has 0 aliphatic carbocycles. The molecule has 2 N–H and O–H groups in total. The van der Waals surface area contributed by atoms with Crippen LogP contribution in [0.1, 0.15) is 18.4 Å². The van der Waals surface area contributed by atoms with Gasteiger partial charge in [0, 0.05) is 6.54 Å². The highest BCUT2D eigenvalue weighted by molar-refractivity contribution is 5.92. The fourth-order valence-corrected chi connectivity index (χ4v) is 2.06.